The number of ether oxygens (including phenoxy) is 2. The largest absolute Gasteiger partial charge is 0.496 e. The maximum absolute atomic E-state index is 5.51. The van der Waals surface area contributed by atoms with Crippen LogP contribution in [0.5, 0.6) is 11.5 Å². The summed E-state index contributed by atoms with van der Waals surface area (Å²) in [6.45, 7) is 2.26. The molecule has 0 N–H and O–H groups in total. The van der Waals surface area contributed by atoms with E-state index in [1.165, 1.54) is 23.7 Å². The lowest BCUT2D eigenvalue weighted by molar-refractivity contribution is 0.411. The first-order chi connectivity index (χ1) is 10.8. The average Bonchev–Trinajstić information content (AvgIpc) is 2.56. The predicted molar refractivity (Wildman–Crippen MR) is 95.5 cm³/mol. The van der Waals surface area contributed by atoms with Gasteiger partial charge in [0.15, 0.2) is 0 Å². The zero-order chi connectivity index (χ0) is 15.8. The summed E-state index contributed by atoms with van der Waals surface area (Å²) in [6, 6.07) is 16.7. The van der Waals surface area contributed by atoms with Crippen molar-refractivity contribution in [3.63, 3.8) is 0 Å². The lowest BCUT2D eigenvalue weighted by atomic mass is 10.2. The number of rotatable bonds is 8. The van der Waals surface area contributed by atoms with E-state index in [0.29, 0.717) is 0 Å². The Bertz CT molecular complexity index is 534. The van der Waals surface area contributed by atoms with Crippen LogP contribution >= 0.6 is 7.92 Å². The molecule has 2 aromatic rings. The molecule has 0 aliphatic carbocycles. The van der Waals surface area contributed by atoms with Gasteiger partial charge in [0.2, 0.25) is 0 Å². The van der Waals surface area contributed by atoms with Crippen LogP contribution in [0.4, 0.5) is 0 Å². The van der Waals surface area contributed by atoms with Gasteiger partial charge in [-0.15, -0.1) is 0 Å². The first-order valence-electron chi connectivity index (χ1n) is 7.74. The minimum Gasteiger partial charge on any atom is -0.496 e. The van der Waals surface area contributed by atoms with E-state index in [2.05, 4.69) is 43.3 Å². The van der Waals surface area contributed by atoms with Gasteiger partial charge in [0, 0.05) is 0 Å². The van der Waals surface area contributed by atoms with Gasteiger partial charge in [0.05, 0.1) is 14.2 Å². The van der Waals surface area contributed by atoms with Gasteiger partial charge < -0.3 is 9.47 Å². The van der Waals surface area contributed by atoms with Crippen molar-refractivity contribution in [1.82, 2.24) is 0 Å². The second-order valence-electron chi connectivity index (χ2n) is 5.33. The third kappa shape index (κ3) is 4.48. The van der Waals surface area contributed by atoms with Gasteiger partial charge in [0.25, 0.3) is 0 Å². The van der Waals surface area contributed by atoms with E-state index in [9.17, 15) is 0 Å². The lowest BCUT2D eigenvalue weighted by Crippen LogP contribution is -1.97. The number of methoxy groups -OCH3 is 2. The maximum Gasteiger partial charge on any atom is 0.122 e. The van der Waals surface area contributed by atoms with Gasteiger partial charge >= 0.3 is 0 Å². The minimum atomic E-state index is -0.117. The molecule has 0 aliphatic rings. The molecule has 0 aromatic heterocycles. The molecule has 2 nitrogen and oxygen atoms in total. The zero-order valence-electron chi connectivity index (χ0n) is 13.7. The molecular formula is C19H25O2P. The summed E-state index contributed by atoms with van der Waals surface area (Å²) < 4.78 is 11.0. The quantitative estimate of drug-likeness (QED) is 0.616. The number of hydrogen-bond donors (Lipinski definition) is 0. The molecule has 2 aromatic carbocycles. The minimum absolute atomic E-state index is 0.117. The third-order valence-corrected chi connectivity index (χ3v) is 6.37. The molecule has 0 bridgehead atoms. The van der Waals surface area contributed by atoms with Crippen LogP contribution in [0.2, 0.25) is 0 Å². The van der Waals surface area contributed by atoms with E-state index in [-0.39, 0.29) is 7.92 Å². The topological polar surface area (TPSA) is 18.5 Å². The van der Waals surface area contributed by atoms with Gasteiger partial charge in [-0.3, -0.25) is 0 Å². The molecule has 0 unspecified atom stereocenters. The van der Waals surface area contributed by atoms with E-state index in [0.717, 1.165) is 23.8 Å². The summed E-state index contributed by atoms with van der Waals surface area (Å²) in [4.78, 5) is 0. The number of hydrogen-bond acceptors (Lipinski definition) is 2. The predicted octanol–water partition coefficient (Wildman–Crippen LogP) is 5.30. The summed E-state index contributed by atoms with van der Waals surface area (Å²) in [5, 5.41) is 0. The Morgan fingerprint density at radius 3 is 1.64 bits per heavy atom. The highest BCUT2D eigenvalue weighted by Crippen LogP contribution is 2.46. The first kappa shape index (κ1) is 16.8. The van der Waals surface area contributed by atoms with E-state index >= 15 is 0 Å². The smallest absolute Gasteiger partial charge is 0.122 e. The second kappa shape index (κ2) is 8.80. The highest BCUT2D eigenvalue weighted by molar-refractivity contribution is 7.56. The highest BCUT2D eigenvalue weighted by atomic mass is 31.1. The lowest BCUT2D eigenvalue weighted by Gasteiger charge is -2.20. The van der Waals surface area contributed by atoms with Crippen LogP contribution in [0.15, 0.2) is 48.5 Å². The average molecular weight is 316 g/mol. The normalized spacial score (nSPS) is 10.7. The van der Waals surface area contributed by atoms with Gasteiger partial charge in [-0.1, -0.05) is 57.7 Å². The molecule has 2 rings (SSSR count). The Morgan fingerprint density at radius 1 is 0.773 bits per heavy atom. The Labute approximate surface area is 135 Å². The Balaban J connectivity index is 2.16. The van der Waals surface area contributed by atoms with Gasteiger partial charge in [-0.2, -0.15) is 0 Å². The Morgan fingerprint density at radius 2 is 1.23 bits per heavy atom. The van der Waals surface area contributed by atoms with Crippen LogP contribution in [0.25, 0.3) is 0 Å². The molecule has 0 fully saturated rings. The number of benzene rings is 2. The molecular weight excluding hydrogens is 291 g/mol. The van der Waals surface area contributed by atoms with Gasteiger partial charge in [-0.05, 0) is 41.7 Å². The van der Waals surface area contributed by atoms with Crippen molar-refractivity contribution in [2.24, 2.45) is 0 Å². The third-order valence-electron chi connectivity index (χ3n) is 3.71. The standard InChI is InChI=1S/C19H25O2P/c1-4-13-22(14-16-9-5-7-11-18(16)20-2)15-17-10-6-8-12-19(17)21-3/h5-12H,4,13-15H2,1-3H3. The number of para-hydroxylation sites is 2. The van der Waals surface area contributed by atoms with Crippen molar-refractivity contribution in [3.8, 4) is 11.5 Å². The maximum atomic E-state index is 5.51. The second-order valence-corrected chi connectivity index (χ2v) is 7.76. The summed E-state index contributed by atoms with van der Waals surface area (Å²) in [5.41, 5.74) is 2.64. The fourth-order valence-corrected chi connectivity index (χ4v) is 5.23. The molecule has 0 amide bonds. The van der Waals surface area contributed by atoms with E-state index in [1.807, 2.05) is 12.1 Å². The summed E-state index contributed by atoms with van der Waals surface area (Å²) in [6.07, 6.45) is 4.69. The monoisotopic (exact) mass is 316 g/mol. The molecule has 0 atom stereocenters. The van der Waals surface area contributed by atoms with Crippen LogP contribution in [0, 0.1) is 0 Å². The van der Waals surface area contributed by atoms with Crippen molar-refractivity contribution in [1.29, 1.82) is 0 Å². The van der Waals surface area contributed by atoms with Crippen molar-refractivity contribution < 1.29 is 9.47 Å². The van der Waals surface area contributed by atoms with Crippen LogP contribution < -0.4 is 9.47 Å². The first-order valence-corrected chi connectivity index (χ1v) is 9.64. The molecule has 0 saturated heterocycles. The fourth-order valence-electron chi connectivity index (χ4n) is 2.68. The molecule has 0 saturated carbocycles. The molecule has 3 heteroatoms. The van der Waals surface area contributed by atoms with Gasteiger partial charge in [0.1, 0.15) is 11.5 Å². The van der Waals surface area contributed by atoms with Crippen LogP contribution in [0.3, 0.4) is 0 Å². The van der Waals surface area contributed by atoms with Crippen molar-refractivity contribution >= 4 is 7.92 Å². The van der Waals surface area contributed by atoms with Crippen LogP contribution in [-0.4, -0.2) is 20.4 Å². The van der Waals surface area contributed by atoms with E-state index in [1.54, 1.807) is 14.2 Å². The summed E-state index contributed by atoms with van der Waals surface area (Å²) in [7, 11) is 3.39. The van der Waals surface area contributed by atoms with Crippen LogP contribution in [-0.2, 0) is 12.3 Å². The Kier molecular flexibility index (Phi) is 6.74. The highest BCUT2D eigenvalue weighted by Gasteiger charge is 2.14. The fraction of sp³-hybridized carbons (Fsp3) is 0.368. The van der Waals surface area contributed by atoms with Gasteiger partial charge in [-0.25, -0.2) is 0 Å². The van der Waals surface area contributed by atoms with E-state index < -0.39 is 0 Å². The van der Waals surface area contributed by atoms with Crippen LogP contribution in [0.1, 0.15) is 24.5 Å². The van der Waals surface area contributed by atoms with Crippen molar-refractivity contribution in [2.45, 2.75) is 25.7 Å². The summed E-state index contributed by atoms with van der Waals surface area (Å²) >= 11 is 0. The van der Waals surface area contributed by atoms with E-state index in [4.69, 9.17) is 9.47 Å². The van der Waals surface area contributed by atoms with Crippen molar-refractivity contribution in [2.75, 3.05) is 20.4 Å². The molecule has 0 radical (unpaired) electrons. The zero-order valence-corrected chi connectivity index (χ0v) is 14.6. The Hall–Kier alpha value is -1.53. The molecule has 0 aliphatic heterocycles. The SMILES string of the molecule is CCCP(Cc1ccccc1OC)Cc1ccccc1OC. The molecule has 0 heterocycles. The molecule has 22 heavy (non-hydrogen) atoms. The molecule has 0 spiro atoms. The molecule has 118 valence electrons. The summed E-state index contributed by atoms with van der Waals surface area (Å²) in [5.74, 6) is 2.01. The van der Waals surface area contributed by atoms with Crippen molar-refractivity contribution in [3.05, 3.63) is 59.7 Å².